The van der Waals surface area contributed by atoms with Crippen molar-refractivity contribution >= 4 is 0 Å². The number of hydrogen-bond donors (Lipinski definition) is 1. The van der Waals surface area contributed by atoms with Gasteiger partial charge in [0, 0.05) is 18.4 Å². The number of pyridine rings is 1. The quantitative estimate of drug-likeness (QED) is 0.772. The van der Waals surface area contributed by atoms with Crippen molar-refractivity contribution in [2.75, 3.05) is 13.2 Å². The minimum absolute atomic E-state index is 0.0422. The first-order valence-corrected chi connectivity index (χ1v) is 5.06. The largest absolute Gasteiger partial charge is 0.486 e. The summed E-state index contributed by atoms with van der Waals surface area (Å²) < 4.78 is 10.8. The van der Waals surface area contributed by atoms with Gasteiger partial charge in [-0.25, -0.2) is 0 Å². The van der Waals surface area contributed by atoms with Gasteiger partial charge in [0.25, 0.3) is 0 Å². The van der Waals surface area contributed by atoms with Crippen molar-refractivity contribution in [2.24, 2.45) is 0 Å². The first kappa shape index (κ1) is 11.9. The van der Waals surface area contributed by atoms with Crippen LogP contribution in [0.5, 0.6) is 5.75 Å². The van der Waals surface area contributed by atoms with Crippen molar-refractivity contribution in [3.8, 4) is 5.75 Å². The number of aliphatic hydroxyl groups excluding tert-OH is 1. The van der Waals surface area contributed by atoms with Crippen molar-refractivity contribution in [1.82, 2.24) is 4.98 Å². The lowest BCUT2D eigenvalue weighted by Crippen LogP contribution is -2.19. The molecule has 1 rings (SSSR count). The number of aliphatic hydroxyl groups is 1. The number of nitrogens with zero attached hydrogens (tertiary/aromatic N) is 1. The zero-order valence-corrected chi connectivity index (χ0v) is 9.14. The van der Waals surface area contributed by atoms with Gasteiger partial charge in [-0.3, -0.25) is 4.98 Å². The Morgan fingerprint density at radius 2 is 2.33 bits per heavy atom. The summed E-state index contributed by atoms with van der Waals surface area (Å²) >= 11 is 0. The van der Waals surface area contributed by atoms with E-state index in [1.807, 2.05) is 13.8 Å². The van der Waals surface area contributed by atoms with Crippen LogP contribution in [-0.2, 0) is 11.3 Å². The topological polar surface area (TPSA) is 51.6 Å². The molecule has 1 aromatic rings. The molecule has 1 N–H and O–H groups in total. The Morgan fingerprint density at radius 3 is 3.00 bits per heavy atom. The van der Waals surface area contributed by atoms with Crippen LogP contribution in [0.3, 0.4) is 0 Å². The van der Waals surface area contributed by atoms with E-state index in [0.29, 0.717) is 19.0 Å². The third-order valence-electron chi connectivity index (χ3n) is 1.93. The van der Waals surface area contributed by atoms with Crippen molar-refractivity contribution < 1.29 is 14.6 Å². The second-order valence-corrected chi connectivity index (χ2v) is 3.23. The van der Waals surface area contributed by atoms with E-state index >= 15 is 0 Å². The molecule has 0 bridgehead atoms. The molecule has 0 saturated carbocycles. The second kappa shape index (κ2) is 6.37. The van der Waals surface area contributed by atoms with Crippen LogP contribution in [0.2, 0.25) is 0 Å². The van der Waals surface area contributed by atoms with Crippen molar-refractivity contribution in [3.63, 3.8) is 0 Å². The molecule has 0 saturated heterocycles. The maximum Gasteiger partial charge on any atom is 0.143 e. The lowest BCUT2D eigenvalue weighted by atomic mass is 10.2. The predicted octanol–water partition coefficient (Wildman–Crippen LogP) is 1.38. The molecule has 84 valence electrons. The molecule has 0 fully saturated rings. The van der Waals surface area contributed by atoms with Gasteiger partial charge in [-0.1, -0.05) is 0 Å². The van der Waals surface area contributed by atoms with Gasteiger partial charge in [0.15, 0.2) is 0 Å². The van der Waals surface area contributed by atoms with Gasteiger partial charge >= 0.3 is 0 Å². The Bertz CT molecular complexity index is 291. The molecule has 1 aromatic heterocycles. The number of rotatable bonds is 6. The van der Waals surface area contributed by atoms with Gasteiger partial charge in [0.1, 0.15) is 11.9 Å². The van der Waals surface area contributed by atoms with Crippen LogP contribution in [0.4, 0.5) is 0 Å². The summed E-state index contributed by atoms with van der Waals surface area (Å²) in [5.74, 6) is 0.618. The van der Waals surface area contributed by atoms with Crippen molar-refractivity contribution in [3.05, 3.63) is 24.0 Å². The third-order valence-corrected chi connectivity index (χ3v) is 1.93. The molecular weight excluding hydrogens is 194 g/mol. The molecular formula is C11H17NO3. The molecule has 1 unspecified atom stereocenters. The summed E-state index contributed by atoms with van der Waals surface area (Å²) in [5.41, 5.74) is 0.744. The van der Waals surface area contributed by atoms with E-state index in [0.717, 1.165) is 5.56 Å². The summed E-state index contributed by atoms with van der Waals surface area (Å²) in [4.78, 5) is 3.95. The highest BCUT2D eigenvalue weighted by molar-refractivity contribution is 5.29. The lowest BCUT2D eigenvalue weighted by Gasteiger charge is -2.15. The van der Waals surface area contributed by atoms with Crippen LogP contribution in [0.1, 0.15) is 19.4 Å². The summed E-state index contributed by atoms with van der Waals surface area (Å²) in [5, 5.41) is 9.07. The zero-order chi connectivity index (χ0) is 11.1. The van der Waals surface area contributed by atoms with Crippen LogP contribution in [-0.4, -0.2) is 29.4 Å². The van der Waals surface area contributed by atoms with E-state index < -0.39 is 0 Å². The fraction of sp³-hybridized carbons (Fsp3) is 0.545. The average Bonchev–Trinajstić information content (AvgIpc) is 2.27. The van der Waals surface area contributed by atoms with E-state index in [2.05, 4.69) is 4.98 Å². The minimum Gasteiger partial charge on any atom is -0.486 e. The molecule has 4 nitrogen and oxygen atoms in total. The molecule has 15 heavy (non-hydrogen) atoms. The molecule has 1 atom stereocenters. The normalized spacial score (nSPS) is 12.5. The third kappa shape index (κ3) is 3.85. The first-order chi connectivity index (χ1) is 7.27. The summed E-state index contributed by atoms with van der Waals surface area (Å²) in [6, 6.07) is 1.74. The van der Waals surface area contributed by atoms with E-state index in [9.17, 15) is 0 Å². The molecule has 0 spiro atoms. The highest BCUT2D eigenvalue weighted by atomic mass is 16.5. The highest BCUT2D eigenvalue weighted by Crippen LogP contribution is 2.17. The van der Waals surface area contributed by atoms with Crippen LogP contribution in [0, 0.1) is 0 Å². The molecule has 0 aromatic carbocycles. The van der Waals surface area contributed by atoms with E-state index in [-0.39, 0.29) is 12.7 Å². The molecule has 0 amide bonds. The molecule has 0 aliphatic carbocycles. The van der Waals surface area contributed by atoms with Crippen LogP contribution in [0.25, 0.3) is 0 Å². The first-order valence-electron chi connectivity index (χ1n) is 5.06. The molecule has 0 radical (unpaired) electrons. The SMILES string of the molecule is CCOCC(C)Oc1cnccc1CO. The molecule has 0 aliphatic heterocycles. The maximum atomic E-state index is 9.07. The van der Waals surface area contributed by atoms with Crippen LogP contribution < -0.4 is 4.74 Å². The fourth-order valence-electron chi connectivity index (χ4n) is 1.18. The summed E-state index contributed by atoms with van der Waals surface area (Å²) in [7, 11) is 0. The lowest BCUT2D eigenvalue weighted by molar-refractivity contribution is 0.0643. The van der Waals surface area contributed by atoms with Crippen molar-refractivity contribution in [2.45, 2.75) is 26.6 Å². The summed E-state index contributed by atoms with van der Waals surface area (Å²) in [6.07, 6.45) is 3.19. The number of aromatic nitrogens is 1. The van der Waals surface area contributed by atoms with Crippen LogP contribution in [0.15, 0.2) is 18.5 Å². The van der Waals surface area contributed by atoms with E-state index in [4.69, 9.17) is 14.6 Å². The Hall–Kier alpha value is -1.13. The summed E-state index contributed by atoms with van der Waals surface area (Å²) in [6.45, 7) is 5.03. The molecule has 1 heterocycles. The standard InChI is InChI=1S/C11H17NO3/c1-3-14-8-9(2)15-11-6-12-5-4-10(11)7-13/h4-6,9,13H,3,7-8H2,1-2H3. The Balaban J connectivity index is 2.55. The van der Waals surface area contributed by atoms with Crippen molar-refractivity contribution in [1.29, 1.82) is 0 Å². The average molecular weight is 211 g/mol. The Kier molecular flexibility index (Phi) is 5.07. The molecule has 0 aliphatic rings. The fourth-order valence-corrected chi connectivity index (χ4v) is 1.18. The number of ether oxygens (including phenoxy) is 2. The maximum absolute atomic E-state index is 9.07. The Morgan fingerprint density at radius 1 is 1.53 bits per heavy atom. The van der Waals surface area contributed by atoms with Crippen LogP contribution >= 0.6 is 0 Å². The monoisotopic (exact) mass is 211 g/mol. The van der Waals surface area contributed by atoms with E-state index in [1.54, 1.807) is 18.5 Å². The Labute approximate surface area is 89.9 Å². The predicted molar refractivity (Wildman–Crippen MR) is 56.7 cm³/mol. The van der Waals surface area contributed by atoms with Gasteiger partial charge in [-0.2, -0.15) is 0 Å². The van der Waals surface area contributed by atoms with E-state index in [1.165, 1.54) is 0 Å². The van der Waals surface area contributed by atoms with Gasteiger partial charge in [0.2, 0.25) is 0 Å². The van der Waals surface area contributed by atoms with Gasteiger partial charge < -0.3 is 14.6 Å². The smallest absolute Gasteiger partial charge is 0.143 e. The van der Waals surface area contributed by atoms with Gasteiger partial charge in [0.05, 0.1) is 19.4 Å². The second-order valence-electron chi connectivity index (χ2n) is 3.23. The number of hydrogen-bond acceptors (Lipinski definition) is 4. The minimum atomic E-state index is -0.0425. The van der Waals surface area contributed by atoms with Gasteiger partial charge in [-0.05, 0) is 19.9 Å². The zero-order valence-electron chi connectivity index (χ0n) is 9.14. The van der Waals surface area contributed by atoms with Gasteiger partial charge in [-0.15, -0.1) is 0 Å². The molecule has 4 heteroatoms. The highest BCUT2D eigenvalue weighted by Gasteiger charge is 2.07.